The maximum Gasteiger partial charge on any atom is 0.144 e. The van der Waals surface area contributed by atoms with Gasteiger partial charge in [-0.25, -0.2) is 0 Å². The smallest absolute Gasteiger partial charge is 0.144 e. The number of rotatable bonds is 8. The van der Waals surface area contributed by atoms with Crippen LogP contribution in [0.15, 0.2) is 110 Å². The first-order valence-corrected chi connectivity index (χ1v) is 9.10. The van der Waals surface area contributed by atoms with Crippen molar-refractivity contribution in [2.24, 2.45) is 0 Å². The highest BCUT2D eigenvalue weighted by Gasteiger charge is 2.36. The fraction of sp³-hybridized carbons (Fsp3) is 0.120. The Bertz CT molecular complexity index is 843. The second-order valence-electron chi connectivity index (χ2n) is 6.24. The summed E-state index contributed by atoms with van der Waals surface area (Å²) >= 11 is 0. The highest BCUT2D eigenvalue weighted by atomic mass is 16.5. The zero-order valence-electron chi connectivity index (χ0n) is 15.3. The number of benzene rings is 3. The fourth-order valence-corrected chi connectivity index (χ4v) is 3.16. The van der Waals surface area contributed by atoms with Crippen molar-refractivity contribution in [1.29, 1.82) is 0 Å². The maximum atomic E-state index is 11.9. The zero-order valence-corrected chi connectivity index (χ0v) is 15.3. The highest BCUT2D eigenvalue weighted by Crippen LogP contribution is 2.40. The van der Waals surface area contributed by atoms with E-state index in [4.69, 9.17) is 4.74 Å². The van der Waals surface area contributed by atoms with Crippen LogP contribution in [-0.4, -0.2) is 11.7 Å². The molecule has 0 aromatic heterocycles. The number of hydrogen-bond donors (Lipinski definition) is 1. The molecule has 136 valence electrons. The van der Waals surface area contributed by atoms with Gasteiger partial charge in [-0.2, -0.15) is 0 Å². The molecule has 0 aliphatic heterocycles. The standard InChI is InChI=1S/C25H24O2/c1-2-3-4-13-20-27-24-19-12-11-18-23(24)25(26,21-14-7-5-8-15-21)22-16-9-6-10-17-22/h2-12,14-19,26H,1,13,20H2. The van der Waals surface area contributed by atoms with E-state index in [1.54, 1.807) is 6.08 Å². The van der Waals surface area contributed by atoms with Gasteiger partial charge in [0.05, 0.1) is 6.61 Å². The Labute approximate surface area is 161 Å². The van der Waals surface area contributed by atoms with Gasteiger partial charge in [-0.05, 0) is 23.6 Å². The van der Waals surface area contributed by atoms with E-state index < -0.39 is 5.60 Å². The van der Waals surface area contributed by atoms with E-state index in [1.807, 2.05) is 97.1 Å². The maximum absolute atomic E-state index is 11.9. The summed E-state index contributed by atoms with van der Waals surface area (Å²) in [6, 6.07) is 27.1. The number of hydrogen-bond acceptors (Lipinski definition) is 2. The van der Waals surface area contributed by atoms with Crippen LogP contribution in [0.25, 0.3) is 0 Å². The van der Waals surface area contributed by atoms with Gasteiger partial charge in [0.15, 0.2) is 0 Å². The SMILES string of the molecule is C=CC=CCCOc1ccccc1C(O)(c1ccccc1)c1ccccc1. The molecule has 2 heteroatoms. The van der Waals surface area contributed by atoms with Crippen LogP contribution in [0.3, 0.4) is 0 Å². The van der Waals surface area contributed by atoms with Crippen LogP contribution in [0.5, 0.6) is 5.75 Å². The van der Waals surface area contributed by atoms with Crippen molar-refractivity contribution in [1.82, 2.24) is 0 Å². The molecule has 27 heavy (non-hydrogen) atoms. The predicted molar refractivity (Wildman–Crippen MR) is 111 cm³/mol. The van der Waals surface area contributed by atoms with Crippen molar-refractivity contribution in [3.8, 4) is 5.75 Å². The van der Waals surface area contributed by atoms with E-state index in [9.17, 15) is 5.11 Å². The fourth-order valence-electron chi connectivity index (χ4n) is 3.16. The lowest BCUT2D eigenvalue weighted by atomic mass is 9.80. The first-order valence-electron chi connectivity index (χ1n) is 9.10. The molecular weight excluding hydrogens is 332 g/mol. The molecule has 0 bridgehead atoms. The molecule has 0 heterocycles. The van der Waals surface area contributed by atoms with Crippen molar-refractivity contribution in [3.63, 3.8) is 0 Å². The van der Waals surface area contributed by atoms with E-state index in [0.29, 0.717) is 12.4 Å². The van der Waals surface area contributed by atoms with Crippen LogP contribution >= 0.6 is 0 Å². The number of allylic oxidation sites excluding steroid dienone is 2. The summed E-state index contributed by atoms with van der Waals surface area (Å²) < 4.78 is 6.03. The quantitative estimate of drug-likeness (QED) is 0.329. The van der Waals surface area contributed by atoms with Crippen LogP contribution in [0.2, 0.25) is 0 Å². The minimum Gasteiger partial charge on any atom is -0.493 e. The Morgan fingerprint density at radius 2 is 1.37 bits per heavy atom. The summed E-state index contributed by atoms with van der Waals surface area (Å²) in [7, 11) is 0. The lowest BCUT2D eigenvalue weighted by Gasteiger charge is -2.31. The summed E-state index contributed by atoms with van der Waals surface area (Å²) in [5, 5.41) is 11.9. The zero-order chi connectivity index (χ0) is 19.0. The van der Waals surface area contributed by atoms with Crippen LogP contribution < -0.4 is 4.74 Å². The molecule has 0 amide bonds. The molecule has 0 aliphatic rings. The Morgan fingerprint density at radius 3 is 1.96 bits per heavy atom. The third-order valence-corrected chi connectivity index (χ3v) is 4.47. The van der Waals surface area contributed by atoms with Gasteiger partial charge < -0.3 is 9.84 Å². The highest BCUT2D eigenvalue weighted by molar-refractivity contribution is 5.52. The van der Waals surface area contributed by atoms with E-state index in [-0.39, 0.29) is 0 Å². The molecule has 0 saturated heterocycles. The molecule has 2 nitrogen and oxygen atoms in total. The van der Waals surface area contributed by atoms with Gasteiger partial charge in [-0.1, -0.05) is 104 Å². The molecule has 3 rings (SSSR count). The van der Waals surface area contributed by atoms with Crippen molar-refractivity contribution >= 4 is 0 Å². The van der Waals surface area contributed by atoms with Crippen molar-refractivity contribution in [3.05, 3.63) is 126 Å². The first-order chi connectivity index (χ1) is 13.3. The molecule has 0 aliphatic carbocycles. The van der Waals surface area contributed by atoms with E-state index in [0.717, 1.165) is 23.1 Å². The molecule has 1 N–H and O–H groups in total. The topological polar surface area (TPSA) is 29.5 Å². The third-order valence-electron chi connectivity index (χ3n) is 4.47. The number of para-hydroxylation sites is 1. The van der Waals surface area contributed by atoms with Gasteiger partial charge in [0, 0.05) is 5.56 Å². The van der Waals surface area contributed by atoms with E-state index in [1.165, 1.54) is 0 Å². The van der Waals surface area contributed by atoms with Crippen LogP contribution in [0.1, 0.15) is 23.1 Å². The summed E-state index contributed by atoms with van der Waals surface area (Å²) in [4.78, 5) is 0. The van der Waals surface area contributed by atoms with Gasteiger partial charge in [0.1, 0.15) is 11.4 Å². The molecule has 0 unspecified atom stereocenters. The predicted octanol–water partition coefficient (Wildman–Crippen LogP) is 5.48. The minimum atomic E-state index is -1.30. The van der Waals surface area contributed by atoms with Gasteiger partial charge in [-0.15, -0.1) is 0 Å². The second kappa shape index (κ2) is 9.02. The Hall–Kier alpha value is -3.10. The summed E-state index contributed by atoms with van der Waals surface area (Å²) in [5.74, 6) is 0.680. The molecule has 0 atom stereocenters. The van der Waals surface area contributed by atoms with Gasteiger partial charge >= 0.3 is 0 Å². The van der Waals surface area contributed by atoms with Crippen LogP contribution in [0.4, 0.5) is 0 Å². The van der Waals surface area contributed by atoms with Crippen LogP contribution in [-0.2, 0) is 5.60 Å². The molecule has 0 radical (unpaired) electrons. The average Bonchev–Trinajstić information content (AvgIpc) is 2.74. The van der Waals surface area contributed by atoms with Crippen LogP contribution in [0, 0.1) is 0 Å². The molecule has 3 aromatic carbocycles. The molecule has 0 spiro atoms. The number of aliphatic hydroxyl groups is 1. The normalized spacial score (nSPS) is 11.4. The minimum absolute atomic E-state index is 0.529. The average molecular weight is 356 g/mol. The van der Waals surface area contributed by atoms with E-state index >= 15 is 0 Å². The first kappa shape index (κ1) is 18.7. The lowest BCUT2D eigenvalue weighted by molar-refractivity contribution is 0.121. The molecule has 0 saturated carbocycles. The molecule has 0 fully saturated rings. The largest absolute Gasteiger partial charge is 0.493 e. The molecular formula is C25H24O2. The van der Waals surface area contributed by atoms with Crippen molar-refractivity contribution in [2.45, 2.75) is 12.0 Å². The lowest BCUT2D eigenvalue weighted by Crippen LogP contribution is -2.29. The Morgan fingerprint density at radius 1 is 0.815 bits per heavy atom. The monoisotopic (exact) mass is 356 g/mol. The number of ether oxygens (including phenoxy) is 1. The van der Waals surface area contributed by atoms with Gasteiger partial charge in [0.25, 0.3) is 0 Å². The third kappa shape index (κ3) is 4.18. The second-order valence-corrected chi connectivity index (χ2v) is 6.24. The summed E-state index contributed by atoms with van der Waals surface area (Å²) in [6.07, 6.45) is 6.43. The van der Waals surface area contributed by atoms with Gasteiger partial charge in [0.2, 0.25) is 0 Å². The molecule has 3 aromatic rings. The van der Waals surface area contributed by atoms with Crippen molar-refractivity contribution < 1.29 is 9.84 Å². The Kier molecular flexibility index (Phi) is 6.24. The van der Waals surface area contributed by atoms with E-state index in [2.05, 4.69) is 6.58 Å². The van der Waals surface area contributed by atoms with Gasteiger partial charge in [-0.3, -0.25) is 0 Å². The Balaban J connectivity index is 2.04. The summed E-state index contributed by atoms with van der Waals surface area (Å²) in [6.45, 7) is 4.20. The summed E-state index contributed by atoms with van der Waals surface area (Å²) in [5.41, 5.74) is 1.04. The van der Waals surface area contributed by atoms with Crippen molar-refractivity contribution in [2.75, 3.05) is 6.61 Å².